The van der Waals surface area contributed by atoms with Gasteiger partial charge in [0.25, 0.3) is 0 Å². The van der Waals surface area contributed by atoms with Gasteiger partial charge in [-0.1, -0.05) is 32.6 Å². The zero-order valence-corrected chi connectivity index (χ0v) is 17.2. The quantitative estimate of drug-likeness (QED) is 0.475. The number of ether oxygens (including phenoxy) is 2. The minimum Gasteiger partial charge on any atom is -0.465 e. The Morgan fingerprint density at radius 3 is 2.46 bits per heavy atom. The molecule has 1 atom stereocenters. The first-order valence-corrected chi connectivity index (χ1v) is 9.96. The predicted molar refractivity (Wildman–Crippen MR) is 104 cm³/mol. The standard InChI is InChI=1S/C20H36N2O4/c1-6-8-9-10-11-13-21-17-12-14-22(19(24)26-20(3,4)5)15-16(17)18(23)25-7-2/h16H,6-15H2,1-5H3. The minimum atomic E-state index is -0.552. The summed E-state index contributed by atoms with van der Waals surface area (Å²) in [5, 5.41) is 0. The van der Waals surface area contributed by atoms with E-state index in [0.29, 0.717) is 19.6 Å². The highest BCUT2D eigenvalue weighted by Gasteiger charge is 2.35. The third kappa shape index (κ3) is 8.19. The van der Waals surface area contributed by atoms with Crippen molar-refractivity contribution >= 4 is 17.8 Å². The van der Waals surface area contributed by atoms with E-state index in [1.54, 1.807) is 11.8 Å². The number of carbonyl (C=O) groups is 2. The lowest BCUT2D eigenvalue weighted by molar-refractivity contribution is -0.146. The molecule has 0 spiro atoms. The molecule has 0 aliphatic carbocycles. The number of aliphatic imine (C=N–C) groups is 1. The highest BCUT2D eigenvalue weighted by Crippen LogP contribution is 2.20. The smallest absolute Gasteiger partial charge is 0.410 e. The van der Waals surface area contributed by atoms with Gasteiger partial charge in [-0.15, -0.1) is 0 Å². The summed E-state index contributed by atoms with van der Waals surface area (Å²) in [6.45, 7) is 11.4. The second-order valence-electron chi connectivity index (χ2n) is 7.77. The second-order valence-corrected chi connectivity index (χ2v) is 7.77. The molecule has 6 nitrogen and oxygen atoms in total. The molecule has 1 aliphatic heterocycles. The lowest BCUT2D eigenvalue weighted by Crippen LogP contribution is -2.49. The molecule has 0 bridgehead atoms. The van der Waals surface area contributed by atoms with Crippen LogP contribution in [0.25, 0.3) is 0 Å². The lowest BCUT2D eigenvalue weighted by Gasteiger charge is -2.34. The molecule has 0 aromatic heterocycles. The van der Waals surface area contributed by atoms with Crippen molar-refractivity contribution in [2.75, 3.05) is 26.2 Å². The zero-order valence-electron chi connectivity index (χ0n) is 17.2. The average Bonchev–Trinajstić information content (AvgIpc) is 2.56. The molecule has 0 radical (unpaired) electrons. The van der Waals surface area contributed by atoms with Gasteiger partial charge in [-0.3, -0.25) is 9.79 Å². The Bertz CT molecular complexity index is 483. The van der Waals surface area contributed by atoms with E-state index in [1.807, 2.05) is 20.8 Å². The highest BCUT2D eigenvalue weighted by atomic mass is 16.6. The highest BCUT2D eigenvalue weighted by molar-refractivity contribution is 6.03. The molecule has 1 fully saturated rings. The maximum Gasteiger partial charge on any atom is 0.410 e. The van der Waals surface area contributed by atoms with E-state index in [-0.39, 0.29) is 18.6 Å². The topological polar surface area (TPSA) is 68.2 Å². The van der Waals surface area contributed by atoms with Crippen molar-refractivity contribution < 1.29 is 19.1 Å². The molecule has 0 saturated carbocycles. The molecule has 1 saturated heterocycles. The van der Waals surface area contributed by atoms with Crippen molar-refractivity contribution in [3.63, 3.8) is 0 Å². The van der Waals surface area contributed by atoms with Gasteiger partial charge in [-0.05, 0) is 34.1 Å². The number of nitrogens with zero attached hydrogens (tertiary/aromatic N) is 2. The maximum atomic E-state index is 12.4. The normalized spacial score (nSPS) is 19.5. The number of esters is 1. The molecule has 1 unspecified atom stereocenters. The molecule has 1 rings (SSSR count). The molecule has 0 aromatic carbocycles. The van der Waals surface area contributed by atoms with Gasteiger partial charge in [-0.2, -0.15) is 0 Å². The summed E-state index contributed by atoms with van der Waals surface area (Å²) in [4.78, 5) is 30.9. The Morgan fingerprint density at radius 2 is 1.85 bits per heavy atom. The average molecular weight is 369 g/mol. The SMILES string of the molecule is CCCCCCCN=C1CCN(C(=O)OC(C)(C)C)CC1C(=O)OCC. The van der Waals surface area contributed by atoms with Crippen LogP contribution >= 0.6 is 0 Å². The van der Waals surface area contributed by atoms with Crippen LogP contribution in [-0.4, -0.2) is 54.5 Å². The van der Waals surface area contributed by atoms with Crippen LogP contribution in [0.2, 0.25) is 0 Å². The minimum absolute atomic E-state index is 0.280. The Morgan fingerprint density at radius 1 is 1.15 bits per heavy atom. The van der Waals surface area contributed by atoms with Crippen LogP contribution in [0.3, 0.4) is 0 Å². The summed E-state index contributed by atoms with van der Waals surface area (Å²) in [7, 11) is 0. The first kappa shape index (κ1) is 22.5. The van der Waals surface area contributed by atoms with Gasteiger partial charge in [-0.25, -0.2) is 4.79 Å². The van der Waals surface area contributed by atoms with E-state index < -0.39 is 11.5 Å². The summed E-state index contributed by atoms with van der Waals surface area (Å²) < 4.78 is 10.6. The van der Waals surface area contributed by atoms with Gasteiger partial charge in [0.05, 0.1) is 6.61 Å². The Balaban J connectivity index is 2.68. The summed E-state index contributed by atoms with van der Waals surface area (Å²) in [5.74, 6) is -0.780. The number of rotatable bonds is 8. The molecule has 26 heavy (non-hydrogen) atoms. The van der Waals surface area contributed by atoms with Gasteiger partial charge in [0.15, 0.2) is 0 Å². The van der Waals surface area contributed by atoms with Crippen molar-refractivity contribution in [3.8, 4) is 0 Å². The number of hydrogen-bond donors (Lipinski definition) is 0. The molecular formula is C20H36N2O4. The number of carbonyl (C=O) groups excluding carboxylic acids is 2. The Hall–Kier alpha value is -1.59. The summed E-state index contributed by atoms with van der Waals surface area (Å²) in [5.41, 5.74) is 0.308. The van der Waals surface area contributed by atoms with E-state index in [9.17, 15) is 9.59 Å². The molecular weight excluding hydrogens is 332 g/mol. The molecule has 0 aromatic rings. The molecule has 1 amide bonds. The lowest BCUT2D eigenvalue weighted by atomic mass is 9.95. The van der Waals surface area contributed by atoms with Crippen molar-refractivity contribution in [2.24, 2.45) is 10.9 Å². The van der Waals surface area contributed by atoms with Crippen LogP contribution in [0.5, 0.6) is 0 Å². The number of likely N-dealkylation sites (tertiary alicyclic amines) is 1. The van der Waals surface area contributed by atoms with Crippen molar-refractivity contribution in [1.82, 2.24) is 4.90 Å². The Labute approximate surface area is 158 Å². The van der Waals surface area contributed by atoms with Crippen LogP contribution in [0.15, 0.2) is 4.99 Å². The largest absolute Gasteiger partial charge is 0.465 e. The van der Waals surface area contributed by atoms with E-state index in [0.717, 1.165) is 18.7 Å². The van der Waals surface area contributed by atoms with E-state index in [1.165, 1.54) is 25.7 Å². The third-order valence-corrected chi connectivity index (χ3v) is 4.24. The summed E-state index contributed by atoms with van der Waals surface area (Å²) in [6, 6.07) is 0. The molecule has 1 heterocycles. The van der Waals surface area contributed by atoms with Crippen molar-refractivity contribution in [1.29, 1.82) is 0 Å². The number of unbranched alkanes of at least 4 members (excludes halogenated alkanes) is 4. The summed E-state index contributed by atoms with van der Waals surface area (Å²) in [6.07, 6.45) is 6.12. The van der Waals surface area contributed by atoms with Crippen LogP contribution in [0, 0.1) is 5.92 Å². The first-order valence-electron chi connectivity index (χ1n) is 9.96. The fourth-order valence-corrected chi connectivity index (χ4v) is 2.91. The number of amides is 1. The molecule has 6 heteroatoms. The predicted octanol–water partition coefficient (Wildman–Crippen LogP) is 4.22. The fourth-order valence-electron chi connectivity index (χ4n) is 2.91. The maximum absolute atomic E-state index is 12.4. The van der Waals surface area contributed by atoms with Crippen LogP contribution in [0.4, 0.5) is 4.79 Å². The monoisotopic (exact) mass is 368 g/mol. The van der Waals surface area contributed by atoms with Gasteiger partial charge < -0.3 is 14.4 Å². The van der Waals surface area contributed by atoms with E-state index >= 15 is 0 Å². The van der Waals surface area contributed by atoms with Gasteiger partial charge >= 0.3 is 12.1 Å². The molecule has 150 valence electrons. The third-order valence-electron chi connectivity index (χ3n) is 4.24. The van der Waals surface area contributed by atoms with E-state index in [2.05, 4.69) is 11.9 Å². The number of piperidine rings is 1. The van der Waals surface area contributed by atoms with Gasteiger partial charge in [0, 0.05) is 31.8 Å². The van der Waals surface area contributed by atoms with Gasteiger partial charge in [0.2, 0.25) is 0 Å². The summed E-state index contributed by atoms with van der Waals surface area (Å²) >= 11 is 0. The van der Waals surface area contributed by atoms with Crippen molar-refractivity contribution in [2.45, 2.75) is 78.7 Å². The fraction of sp³-hybridized carbons (Fsp3) is 0.850. The zero-order chi connectivity index (χ0) is 19.6. The Kier molecular flexibility index (Phi) is 9.66. The number of hydrogen-bond acceptors (Lipinski definition) is 5. The van der Waals surface area contributed by atoms with E-state index in [4.69, 9.17) is 9.47 Å². The first-order chi connectivity index (χ1) is 12.3. The van der Waals surface area contributed by atoms with Gasteiger partial charge in [0.1, 0.15) is 11.5 Å². The van der Waals surface area contributed by atoms with Crippen LogP contribution in [-0.2, 0) is 14.3 Å². The second kappa shape index (κ2) is 11.2. The van der Waals surface area contributed by atoms with Crippen LogP contribution in [0.1, 0.15) is 73.1 Å². The molecule has 1 aliphatic rings. The molecule has 0 N–H and O–H groups in total. The van der Waals surface area contributed by atoms with Crippen LogP contribution < -0.4 is 0 Å². The van der Waals surface area contributed by atoms with Crippen molar-refractivity contribution in [3.05, 3.63) is 0 Å².